The smallest absolute Gasteiger partial charge is 0.318 e. The number of carbonyl (C=O) groups excluding carboxylic acids is 2. The predicted octanol–water partition coefficient (Wildman–Crippen LogP) is 2.21. The summed E-state index contributed by atoms with van der Waals surface area (Å²) in [6.45, 7) is -0.295. The standard InChI is InChI=1S/C17H15NO4/c1-18-15(19)10-21-17(20)16-11-6-2-4-8-13(11)22-14-9-5-3-7-12(14)16/h2-9,16H,10H2,1H3,(H,18,19). The molecule has 22 heavy (non-hydrogen) atoms. The molecule has 0 saturated heterocycles. The van der Waals surface area contributed by atoms with Crippen LogP contribution in [0.5, 0.6) is 11.5 Å². The highest BCUT2D eigenvalue weighted by atomic mass is 16.5. The van der Waals surface area contributed by atoms with Crippen LogP contribution < -0.4 is 10.1 Å². The van der Waals surface area contributed by atoms with E-state index < -0.39 is 11.9 Å². The normalized spacial score (nSPS) is 12.6. The molecule has 112 valence electrons. The fourth-order valence-corrected chi connectivity index (χ4v) is 2.46. The molecule has 0 bridgehead atoms. The van der Waals surface area contributed by atoms with E-state index in [2.05, 4.69) is 5.32 Å². The molecule has 0 spiro atoms. The van der Waals surface area contributed by atoms with Crippen LogP contribution >= 0.6 is 0 Å². The Bertz CT molecular complexity index is 681. The quantitative estimate of drug-likeness (QED) is 0.882. The first kappa shape index (κ1) is 14.1. The van der Waals surface area contributed by atoms with Gasteiger partial charge in [-0.05, 0) is 12.1 Å². The van der Waals surface area contributed by atoms with Gasteiger partial charge in [0.15, 0.2) is 6.61 Å². The predicted molar refractivity (Wildman–Crippen MR) is 79.8 cm³/mol. The Morgan fingerprint density at radius 1 is 1.05 bits per heavy atom. The number of hydrogen-bond acceptors (Lipinski definition) is 4. The van der Waals surface area contributed by atoms with Gasteiger partial charge in [-0.3, -0.25) is 9.59 Å². The average molecular weight is 297 g/mol. The molecule has 5 nitrogen and oxygen atoms in total. The molecule has 0 aromatic heterocycles. The van der Waals surface area contributed by atoms with Gasteiger partial charge in [0, 0.05) is 18.2 Å². The van der Waals surface area contributed by atoms with Gasteiger partial charge in [0.25, 0.3) is 5.91 Å². The molecule has 0 fully saturated rings. The first-order chi connectivity index (χ1) is 10.7. The Balaban J connectivity index is 1.96. The molecule has 5 heteroatoms. The van der Waals surface area contributed by atoms with Crippen molar-refractivity contribution < 1.29 is 19.1 Å². The van der Waals surface area contributed by atoms with Crippen molar-refractivity contribution in [2.45, 2.75) is 5.92 Å². The number of likely N-dealkylation sites (N-methyl/N-ethyl adjacent to an activating group) is 1. The third-order valence-corrected chi connectivity index (χ3v) is 3.54. The molecule has 2 aromatic rings. The summed E-state index contributed by atoms with van der Waals surface area (Å²) in [6.07, 6.45) is 0. The summed E-state index contributed by atoms with van der Waals surface area (Å²) in [5.41, 5.74) is 1.48. The van der Waals surface area contributed by atoms with E-state index in [0.717, 1.165) is 11.1 Å². The van der Waals surface area contributed by atoms with Gasteiger partial charge in [-0.2, -0.15) is 0 Å². The molecule has 3 rings (SSSR count). The molecule has 1 aliphatic rings. The van der Waals surface area contributed by atoms with Crippen LogP contribution in [-0.4, -0.2) is 25.5 Å². The number of benzene rings is 2. The van der Waals surface area contributed by atoms with Crippen molar-refractivity contribution in [2.24, 2.45) is 0 Å². The fraction of sp³-hybridized carbons (Fsp3) is 0.176. The first-order valence-electron chi connectivity index (χ1n) is 6.93. The molecule has 0 unspecified atom stereocenters. The Labute approximate surface area is 127 Å². The second-order valence-corrected chi connectivity index (χ2v) is 4.89. The third kappa shape index (κ3) is 2.53. The van der Waals surface area contributed by atoms with E-state index in [1.54, 1.807) is 0 Å². The minimum Gasteiger partial charge on any atom is -0.457 e. The maximum atomic E-state index is 12.5. The summed E-state index contributed by atoms with van der Waals surface area (Å²) in [4.78, 5) is 23.8. The molecule has 1 amide bonds. The van der Waals surface area contributed by atoms with Crippen LogP contribution in [-0.2, 0) is 14.3 Å². The maximum absolute atomic E-state index is 12.5. The van der Waals surface area contributed by atoms with Crippen molar-refractivity contribution in [3.8, 4) is 11.5 Å². The van der Waals surface area contributed by atoms with Crippen LogP contribution in [0, 0.1) is 0 Å². The summed E-state index contributed by atoms with van der Waals surface area (Å²) in [5, 5.41) is 2.42. The number of nitrogens with one attached hydrogen (secondary N) is 1. The topological polar surface area (TPSA) is 64.6 Å². The van der Waals surface area contributed by atoms with Crippen LogP contribution in [0.3, 0.4) is 0 Å². The van der Waals surface area contributed by atoms with Crippen molar-refractivity contribution in [3.05, 3.63) is 59.7 Å². The molecule has 0 saturated carbocycles. The van der Waals surface area contributed by atoms with Crippen molar-refractivity contribution in [2.75, 3.05) is 13.7 Å². The van der Waals surface area contributed by atoms with Gasteiger partial charge >= 0.3 is 5.97 Å². The summed E-state index contributed by atoms with van der Waals surface area (Å²) in [5.74, 6) is -0.147. The van der Waals surface area contributed by atoms with Gasteiger partial charge in [-0.25, -0.2) is 0 Å². The van der Waals surface area contributed by atoms with Gasteiger partial charge in [0.1, 0.15) is 17.4 Å². The highest BCUT2D eigenvalue weighted by molar-refractivity contribution is 5.87. The number of ether oxygens (including phenoxy) is 2. The van der Waals surface area contributed by atoms with E-state index in [-0.39, 0.29) is 12.5 Å². The minimum absolute atomic E-state index is 0.295. The lowest BCUT2D eigenvalue weighted by Gasteiger charge is -2.26. The Kier molecular flexibility index (Phi) is 3.78. The van der Waals surface area contributed by atoms with Gasteiger partial charge < -0.3 is 14.8 Å². The van der Waals surface area contributed by atoms with E-state index in [9.17, 15) is 9.59 Å². The number of amides is 1. The molecule has 0 aliphatic carbocycles. The van der Waals surface area contributed by atoms with Crippen molar-refractivity contribution in [3.63, 3.8) is 0 Å². The molecule has 0 radical (unpaired) electrons. The number of esters is 1. The fourth-order valence-electron chi connectivity index (χ4n) is 2.46. The van der Waals surface area contributed by atoms with E-state index in [0.29, 0.717) is 11.5 Å². The van der Waals surface area contributed by atoms with Crippen LogP contribution in [0.1, 0.15) is 17.0 Å². The van der Waals surface area contributed by atoms with Gasteiger partial charge in [0.2, 0.25) is 0 Å². The number of para-hydroxylation sites is 2. The summed E-state index contributed by atoms with van der Waals surface area (Å²) < 4.78 is 11.0. The molecule has 0 atom stereocenters. The summed E-state index contributed by atoms with van der Waals surface area (Å²) in [6, 6.07) is 14.7. The Morgan fingerprint density at radius 3 is 2.14 bits per heavy atom. The number of rotatable bonds is 3. The number of hydrogen-bond donors (Lipinski definition) is 1. The number of fused-ring (bicyclic) bond motifs is 2. The molecular weight excluding hydrogens is 282 g/mol. The van der Waals surface area contributed by atoms with Crippen molar-refractivity contribution in [1.82, 2.24) is 5.32 Å². The van der Waals surface area contributed by atoms with E-state index in [1.807, 2.05) is 48.5 Å². The average Bonchev–Trinajstić information content (AvgIpc) is 2.57. The van der Waals surface area contributed by atoms with E-state index >= 15 is 0 Å². The van der Waals surface area contributed by atoms with Crippen LogP contribution in [0.15, 0.2) is 48.5 Å². The van der Waals surface area contributed by atoms with Crippen molar-refractivity contribution >= 4 is 11.9 Å². The largest absolute Gasteiger partial charge is 0.457 e. The highest BCUT2D eigenvalue weighted by Gasteiger charge is 2.33. The zero-order chi connectivity index (χ0) is 15.5. The van der Waals surface area contributed by atoms with Gasteiger partial charge in [0.05, 0.1) is 0 Å². The SMILES string of the molecule is CNC(=O)COC(=O)C1c2ccccc2Oc2ccccc21. The second kappa shape index (κ2) is 5.89. The zero-order valence-electron chi connectivity index (χ0n) is 12.0. The second-order valence-electron chi connectivity index (χ2n) is 4.89. The Morgan fingerprint density at radius 2 is 1.59 bits per heavy atom. The molecule has 2 aromatic carbocycles. The minimum atomic E-state index is -0.592. The lowest BCUT2D eigenvalue weighted by atomic mass is 9.88. The van der Waals surface area contributed by atoms with Crippen LogP contribution in [0.4, 0.5) is 0 Å². The maximum Gasteiger partial charge on any atom is 0.318 e. The molecule has 1 heterocycles. The zero-order valence-corrected chi connectivity index (χ0v) is 12.0. The van der Waals surface area contributed by atoms with Crippen molar-refractivity contribution in [1.29, 1.82) is 0 Å². The van der Waals surface area contributed by atoms with Crippen LogP contribution in [0.25, 0.3) is 0 Å². The first-order valence-corrected chi connectivity index (χ1v) is 6.93. The third-order valence-electron chi connectivity index (χ3n) is 3.54. The lowest BCUT2D eigenvalue weighted by Crippen LogP contribution is -2.28. The monoisotopic (exact) mass is 297 g/mol. The van der Waals surface area contributed by atoms with E-state index in [4.69, 9.17) is 9.47 Å². The number of carbonyl (C=O) groups is 2. The molecule has 1 aliphatic heterocycles. The highest BCUT2D eigenvalue weighted by Crippen LogP contribution is 2.44. The summed E-state index contributed by atoms with van der Waals surface area (Å²) >= 11 is 0. The molecular formula is C17H15NO4. The van der Waals surface area contributed by atoms with Crippen LogP contribution in [0.2, 0.25) is 0 Å². The van der Waals surface area contributed by atoms with Gasteiger partial charge in [-0.1, -0.05) is 36.4 Å². The summed E-state index contributed by atoms with van der Waals surface area (Å²) in [7, 11) is 1.50. The lowest BCUT2D eigenvalue weighted by molar-refractivity contribution is -0.149. The van der Waals surface area contributed by atoms with Gasteiger partial charge in [-0.15, -0.1) is 0 Å². The molecule has 1 N–H and O–H groups in total. The Hall–Kier alpha value is -2.82. The van der Waals surface area contributed by atoms with E-state index in [1.165, 1.54) is 7.05 Å².